The minimum absolute atomic E-state index is 0.126. The van der Waals surface area contributed by atoms with Crippen LogP contribution in [-0.2, 0) is 13.0 Å². The van der Waals surface area contributed by atoms with E-state index in [1.165, 1.54) is 4.52 Å². The predicted molar refractivity (Wildman–Crippen MR) is 81.1 cm³/mol. The lowest BCUT2D eigenvalue weighted by Crippen LogP contribution is -2.22. The first-order chi connectivity index (χ1) is 10.2. The summed E-state index contributed by atoms with van der Waals surface area (Å²) in [7, 11) is 0. The van der Waals surface area contributed by atoms with Crippen molar-refractivity contribution in [2.45, 2.75) is 19.9 Å². The van der Waals surface area contributed by atoms with Crippen molar-refractivity contribution in [1.82, 2.24) is 19.2 Å². The Balaban J connectivity index is 2.25. The molecule has 0 aromatic carbocycles. The molecule has 0 radical (unpaired) electrons. The van der Waals surface area contributed by atoms with Crippen LogP contribution in [0.5, 0.6) is 0 Å². The molecule has 3 heterocycles. The average molecular weight is 283 g/mol. The summed E-state index contributed by atoms with van der Waals surface area (Å²) in [6, 6.07) is 7.31. The predicted octanol–water partition coefficient (Wildman–Crippen LogP) is 1.08. The van der Waals surface area contributed by atoms with Gasteiger partial charge in [-0.25, -0.2) is 0 Å². The molecule has 0 bridgehead atoms. The van der Waals surface area contributed by atoms with E-state index in [0.717, 1.165) is 29.1 Å². The van der Waals surface area contributed by atoms with E-state index in [4.69, 9.17) is 5.73 Å². The Morgan fingerprint density at radius 2 is 2.00 bits per heavy atom. The lowest BCUT2D eigenvalue weighted by atomic mass is 10.2. The first-order valence-corrected chi connectivity index (χ1v) is 6.97. The molecule has 0 aliphatic carbocycles. The van der Waals surface area contributed by atoms with Crippen molar-refractivity contribution in [2.24, 2.45) is 5.73 Å². The molecule has 21 heavy (non-hydrogen) atoms. The zero-order valence-electron chi connectivity index (χ0n) is 11.9. The van der Waals surface area contributed by atoms with Gasteiger partial charge in [-0.1, -0.05) is 0 Å². The summed E-state index contributed by atoms with van der Waals surface area (Å²) in [6.45, 7) is 3.32. The molecule has 0 aliphatic rings. The minimum Gasteiger partial charge on any atom is -0.330 e. The molecule has 0 aliphatic heterocycles. The van der Waals surface area contributed by atoms with Gasteiger partial charge in [0, 0.05) is 48.7 Å². The summed E-state index contributed by atoms with van der Waals surface area (Å²) in [4.78, 5) is 16.2. The largest absolute Gasteiger partial charge is 0.330 e. The van der Waals surface area contributed by atoms with Gasteiger partial charge in [-0.3, -0.25) is 9.78 Å². The maximum absolute atomic E-state index is 12.2. The van der Waals surface area contributed by atoms with E-state index in [-0.39, 0.29) is 5.56 Å². The normalized spacial score (nSPS) is 11.1. The monoisotopic (exact) mass is 283 g/mol. The van der Waals surface area contributed by atoms with Crippen LogP contribution in [0.3, 0.4) is 0 Å². The van der Waals surface area contributed by atoms with Gasteiger partial charge in [-0.2, -0.15) is 9.61 Å². The van der Waals surface area contributed by atoms with Crippen LogP contribution >= 0.6 is 0 Å². The standard InChI is InChI=1S/C15H17N5O/c1-2-19-12(3-6-16)9-15(21)20-14(19)10-13(18-20)11-4-7-17-8-5-11/h4-5,7-10H,2-3,6,16H2,1H3. The van der Waals surface area contributed by atoms with E-state index in [1.807, 2.05) is 25.1 Å². The fourth-order valence-corrected chi connectivity index (χ4v) is 2.54. The molecule has 6 heteroatoms. The van der Waals surface area contributed by atoms with E-state index < -0.39 is 0 Å². The topological polar surface area (TPSA) is 78.2 Å². The van der Waals surface area contributed by atoms with Crippen LogP contribution in [0.25, 0.3) is 16.9 Å². The molecular weight excluding hydrogens is 266 g/mol. The Labute approximate surface area is 121 Å². The molecule has 3 aromatic heterocycles. The van der Waals surface area contributed by atoms with Crippen molar-refractivity contribution in [3.05, 3.63) is 52.7 Å². The van der Waals surface area contributed by atoms with Gasteiger partial charge < -0.3 is 10.3 Å². The molecule has 108 valence electrons. The highest BCUT2D eigenvalue weighted by Crippen LogP contribution is 2.18. The summed E-state index contributed by atoms with van der Waals surface area (Å²) in [5.74, 6) is 0. The SMILES string of the molecule is CCn1c(CCN)cc(=O)n2nc(-c3ccncc3)cc12. The van der Waals surface area contributed by atoms with Crippen molar-refractivity contribution in [2.75, 3.05) is 6.54 Å². The van der Waals surface area contributed by atoms with E-state index >= 15 is 0 Å². The molecule has 0 fully saturated rings. The van der Waals surface area contributed by atoms with Crippen LogP contribution in [0.1, 0.15) is 12.6 Å². The van der Waals surface area contributed by atoms with Crippen LogP contribution in [0.2, 0.25) is 0 Å². The molecule has 0 unspecified atom stereocenters. The second kappa shape index (κ2) is 5.49. The highest BCUT2D eigenvalue weighted by atomic mass is 16.1. The molecule has 0 amide bonds. The van der Waals surface area contributed by atoms with E-state index in [1.54, 1.807) is 18.5 Å². The van der Waals surface area contributed by atoms with Crippen molar-refractivity contribution >= 4 is 5.65 Å². The number of aromatic nitrogens is 4. The van der Waals surface area contributed by atoms with Gasteiger partial charge in [-0.15, -0.1) is 0 Å². The summed E-state index contributed by atoms with van der Waals surface area (Å²) in [5, 5.41) is 4.42. The molecule has 6 nitrogen and oxygen atoms in total. The maximum Gasteiger partial charge on any atom is 0.274 e. The highest BCUT2D eigenvalue weighted by Gasteiger charge is 2.12. The molecule has 2 N–H and O–H groups in total. The van der Waals surface area contributed by atoms with E-state index in [0.29, 0.717) is 13.0 Å². The summed E-state index contributed by atoms with van der Waals surface area (Å²) >= 11 is 0. The molecule has 0 saturated carbocycles. The van der Waals surface area contributed by atoms with E-state index in [2.05, 4.69) is 14.6 Å². The lowest BCUT2D eigenvalue weighted by Gasteiger charge is -2.11. The van der Waals surface area contributed by atoms with Crippen LogP contribution in [-0.4, -0.2) is 25.7 Å². The number of hydrogen-bond acceptors (Lipinski definition) is 4. The molecule has 0 spiro atoms. The van der Waals surface area contributed by atoms with Crippen molar-refractivity contribution in [3.63, 3.8) is 0 Å². The molecule has 0 saturated heterocycles. The van der Waals surface area contributed by atoms with Gasteiger partial charge >= 0.3 is 0 Å². The molecule has 3 aromatic rings. The van der Waals surface area contributed by atoms with E-state index in [9.17, 15) is 4.79 Å². The number of fused-ring (bicyclic) bond motifs is 1. The van der Waals surface area contributed by atoms with Gasteiger partial charge in [0.15, 0.2) is 0 Å². The van der Waals surface area contributed by atoms with Crippen LogP contribution in [0.15, 0.2) is 41.5 Å². The third-order valence-corrected chi connectivity index (χ3v) is 3.51. The van der Waals surface area contributed by atoms with Gasteiger partial charge in [0.1, 0.15) is 5.65 Å². The number of hydrogen-bond donors (Lipinski definition) is 1. The second-order valence-corrected chi connectivity index (χ2v) is 4.79. The van der Waals surface area contributed by atoms with Crippen molar-refractivity contribution in [1.29, 1.82) is 0 Å². The smallest absolute Gasteiger partial charge is 0.274 e. The lowest BCUT2D eigenvalue weighted by molar-refractivity contribution is 0.685. The summed E-state index contributed by atoms with van der Waals surface area (Å²) in [6.07, 6.45) is 4.10. The van der Waals surface area contributed by atoms with Crippen LogP contribution in [0, 0.1) is 0 Å². The minimum atomic E-state index is -0.126. The zero-order valence-corrected chi connectivity index (χ0v) is 11.9. The Morgan fingerprint density at radius 1 is 1.24 bits per heavy atom. The zero-order chi connectivity index (χ0) is 14.8. The Bertz CT molecular complexity index is 819. The first-order valence-electron chi connectivity index (χ1n) is 6.97. The van der Waals surface area contributed by atoms with Gasteiger partial charge in [0.05, 0.1) is 5.69 Å². The Hall–Kier alpha value is -2.47. The maximum atomic E-state index is 12.2. The average Bonchev–Trinajstić information content (AvgIpc) is 2.94. The van der Waals surface area contributed by atoms with Gasteiger partial charge in [0.2, 0.25) is 0 Å². The quantitative estimate of drug-likeness (QED) is 0.777. The van der Waals surface area contributed by atoms with Crippen molar-refractivity contribution in [3.8, 4) is 11.3 Å². The third-order valence-electron chi connectivity index (χ3n) is 3.51. The fourth-order valence-electron chi connectivity index (χ4n) is 2.54. The Kier molecular flexibility index (Phi) is 3.53. The molecule has 3 rings (SSSR count). The fraction of sp³-hybridized carbons (Fsp3) is 0.267. The number of nitrogens with zero attached hydrogens (tertiary/aromatic N) is 4. The molecular formula is C15H17N5O. The number of aryl methyl sites for hydroxylation is 1. The summed E-state index contributed by atoms with van der Waals surface area (Å²) < 4.78 is 3.52. The highest BCUT2D eigenvalue weighted by molar-refractivity contribution is 5.63. The summed E-state index contributed by atoms with van der Waals surface area (Å²) in [5.41, 5.74) is 8.94. The number of pyridine rings is 1. The third kappa shape index (κ3) is 2.34. The second-order valence-electron chi connectivity index (χ2n) is 4.79. The Morgan fingerprint density at radius 3 is 2.67 bits per heavy atom. The van der Waals surface area contributed by atoms with Crippen molar-refractivity contribution < 1.29 is 0 Å². The van der Waals surface area contributed by atoms with Crippen LogP contribution < -0.4 is 11.3 Å². The number of rotatable bonds is 4. The van der Waals surface area contributed by atoms with Gasteiger partial charge in [0.25, 0.3) is 5.56 Å². The number of nitrogens with two attached hydrogens (primary N) is 1. The van der Waals surface area contributed by atoms with Crippen LogP contribution in [0.4, 0.5) is 0 Å². The first kappa shape index (κ1) is 13.5. The van der Waals surface area contributed by atoms with Gasteiger partial charge in [-0.05, 0) is 25.6 Å². The molecule has 0 atom stereocenters.